The summed E-state index contributed by atoms with van der Waals surface area (Å²) in [7, 11) is 0. The second-order valence-electron chi connectivity index (χ2n) is 7.21. The number of tetrazole rings is 1. The van der Waals surface area contributed by atoms with Crippen LogP contribution < -0.4 is 5.69 Å². The first kappa shape index (κ1) is 21.1. The number of carbonyl (C=O) groups excluding carboxylic acids is 1. The molecule has 4 rings (SSSR count). The second kappa shape index (κ2) is 9.34. The molecule has 0 saturated heterocycles. The number of hydrogen-bond acceptors (Lipinski definition) is 6. The molecule has 162 valence electrons. The molecule has 2 aromatic heterocycles. The fourth-order valence-corrected chi connectivity index (χ4v) is 3.33. The van der Waals surface area contributed by atoms with Gasteiger partial charge >= 0.3 is 5.69 Å². The lowest BCUT2D eigenvalue weighted by Gasteiger charge is -2.07. The van der Waals surface area contributed by atoms with Crippen molar-refractivity contribution >= 4 is 12.0 Å². The first-order valence-electron chi connectivity index (χ1n) is 10.4. The van der Waals surface area contributed by atoms with Gasteiger partial charge in [0.25, 0.3) is 5.91 Å². The molecule has 0 saturated carbocycles. The van der Waals surface area contributed by atoms with Crippen LogP contribution in [0.2, 0.25) is 0 Å². The predicted octanol–water partition coefficient (Wildman–Crippen LogP) is 3.41. The average Bonchev–Trinajstić information content (AvgIpc) is 3.47. The van der Waals surface area contributed by atoms with Crippen molar-refractivity contribution in [3.8, 4) is 22.5 Å². The number of carbonyl (C=O) groups is 1. The second-order valence-corrected chi connectivity index (χ2v) is 7.21. The highest BCUT2D eigenvalue weighted by Crippen LogP contribution is 2.24. The third-order valence-corrected chi connectivity index (χ3v) is 5.03. The van der Waals surface area contributed by atoms with Crippen molar-refractivity contribution < 1.29 is 4.79 Å². The maximum absolute atomic E-state index is 12.8. The van der Waals surface area contributed by atoms with Gasteiger partial charge in [0.05, 0.1) is 6.54 Å². The van der Waals surface area contributed by atoms with E-state index < -0.39 is 5.69 Å². The molecule has 0 aliphatic rings. The van der Waals surface area contributed by atoms with Crippen molar-refractivity contribution in [1.29, 1.82) is 0 Å². The molecule has 0 unspecified atom stereocenters. The highest BCUT2D eigenvalue weighted by Gasteiger charge is 2.16. The Balaban J connectivity index is 1.62. The largest absolute Gasteiger partial charge is 0.353 e. The molecule has 0 aliphatic heterocycles. The van der Waals surface area contributed by atoms with Crippen LogP contribution in [0.4, 0.5) is 0 Å². The fraction of sp³-hybridized carbons (Fsp3) is 0.217. The van der Waals surface area contributed by atoms with Crippen molar-refractivity contribution in [1.82, 2.24) is 35.0 Å². The van der Waals surface area contributed by atoms with Crippen molar-refractivity contribution in [3.63, 3.8) is 0 Å². The molecule has 2 heterocycles. The van der Waals surface area contributed by atoms with Crippen LogP contribution in [0.1, 0.15) is 42.9 Å². The summed E-state index contributed by atoms with van der Waals surface area (Å²) in [4.78, 5) is 24.9. The molecule has 0 fully saturated rings. The summed E-state index contributed by atoms with van der Waals surface area (Å²) in [6.45, 7) is 4.03. The Morgan fingerprint density at radius 3 is 2.53 bits per heavy atom. The van der Waals surface area contributed by atoms with Crippen LogP contribution in [0.15, 0.2) is 59.4 Å². The first-order chi connectivity index (χ1) is 15.6. The molecule has 0 spiro atoms. The average molecular weight is 429 g/mol. The van der Waals surface area contributed by atoms with E-state index in [1.54, 1.807) is 13.0 Å². The van der Waals surface area contributed by atoms with Crippen LogP contribution in [0.5, 0.6) is 0 Å². The fourth-order valence-electron chi connectivity index (χ4n) is 3.33. The van der Waals surface area contributed by atoms with Gasteiger partial charge in [-0.05, 0) is 40.5 Å². The Hall–Kier alpha value is -4.14. The van der Waals surface area contributed by atoms with Crippen molar-refractivity contribution in [2.45, 2.75) is 33.2 Å². The van der Waals surface area contributed by atoms with Gasteiger partial charge < -0.3 is 0 Å². The quantitative estimate of drug-likeness (QED) is 0.482. The molecule has 0 amide bonds. The van der Waals surface area contributed by atoms with E-state index in [-0.39, 0.29) is 12.3 Å². The summed E-state index contributed by atoms with van der Waals surface area (Å²) < 4.78 is 2.47. The lowest BCUT2D eigenvalue weighted by molar-refractivity contribution is 0.0887. The molecule has 0 atom stereocenters. The van der Waals surface area contributed by atoms with Crippen molar-refractivity contribution in [2.24, 2.45) is 0 Å². The number of benzene rings is 2. The van der Waals surface area contributed by atoms with Crippen LogP contribution >= 0.6 is 0 Å². The van der Waals surface area contributed by atoms with Gasteiger partial charge in [-0.25, -0.2) is 4.79 Å². The minimum Gasteiger partial charge on any atom is -0.272 e. The van der Waals surface area contributed by atoms with Gasteiger partial charge in [0.2, 0.25) is 5.82 Å². The number of allylic oxidation sites excluding steroid dienone is 1. The Kier molecular flexibility index (Phi) is 6.16. The molecular formula is C23H23N7O2. The summed E-state index contributed by atoms with van der Waals surface area (Å²) in [5.41, 5.74) is 3.41. The minimum atomic E-state index is -0.426. The third kappa shape index (κ3) is 4.31. The molecule has 0 bridgehead atoms. The smallest absolute Gasteiger partial charge is 0.272 e. The first-order valence-corrected chi connectivity index (χ1v) is 10.4. The van der Waals surface area contributed by atoms with E-state index >= 15 is 0 Å². The van der Waals surface area contributed by atoms with E-state index in [2.05, 4.69) is 25.7 Å². The molecule has 0 aliphatic carbocycles. The lowest BCUT2D eigenvalue weighted by Crippen LogP contribution is -2.29. The van der Waals surface area contributed by atoms with Gasteiger partial charge in [0.1, 0.15) is 0 Å². The third-order valence-electron chi connectivity index (χ3n) is 5.03. The van der Waals surface area contributed by atoms with E-state index in [9.17, 15) is 9.59 Å². The topological polar surface area (TPSA) is 111 Å². The summed E-state index contributed by atoms with van der Waals surface area (Å²) in [5.74, 6) is 0.682. The number of aromatic amines is 1. The Morgan fingerprint density at radius 2 is 1.84 bits per heavy atom. The molecular weight excluding hydrogens is 406 g/mol. The number of H-pyrrole nitrogens is 1. The van der Waals surface area contributed by atoms with Crippen LogP contribution in [0.25, 0.3) is 28.6 Å². The van der Waals surface area contributed by atoms with E-state index in [1.165, 1.54) is 4.57 Å². The van der Waals surface area contributed by atoms with E-state index in [0.29, 0.717) is 18.2 Å². The Bertz CT molecular complexity index is 1300. The lowest BCUT2D eigenvalue weighted by atomic mass is 10.0. The predicted molar refractivity (Wildman–Crippen MR) is 121 cm³/mol. The zero-order chi connectivity index (χ0) is 22.5. The summed E-state index contributed by atoms with van der Waals surface area (Å²) >= 11 is 0. The number of aromatic nitrogens is 7. The van der Waals surface area contributed by atoms with Gasteiger partial charge in [-0.1, -0.05) is 62.4 Å². The standard InChI is InChI=1S/C23H23N7O2/c1-3-5-9-20-26-30(21(31)4-2)23(32)29(20)15-16-10-12-17(13-11-16)18-7-6-8-19(14-18)22-24-27-28-25-22/h5-14H,3-4,15H2,1-2H3,(H,24,25,27,28)/b9-5+. The zero-order valence-corrected chi connectivity index (χ0v) is 17.9. The highest BCUT2D eigenvalue weighted by molar-refractivity contribution is 5.77. The number of nitrogens with zero attached hydrogens (tertiary/aromatic N) is 6. The van der Waals surface area contributed by atoms with Crippen LogP contribution in [0.3, 0.4) is 0 Å². The zero-order valence-electron chi connectivity index (χ0n) is 17.9. The van der Waals surface area contributed by atoms with Gasteiger partial charge in [-0.3, -0.25) is 9.36 Å². The molecule has 2 aromatic carbocycles. The molecule has 4 aromatic rings. The maximum atomic E-state index is 12.8. The minimum absolute atomic E-state index is 0.214. The summed E-state index contributed by atoms with van der Waals surface area (Å²) in [5, 5.41) is 18.3. The van der Waals surface area contributed by atoms with E-state index in [4.69, 9.17) is 0 Å². The van der Waals surface area contributed by atoms with Crippen molar-refractivity contribution in [3.05, 3.63) is 76.5 Å². The monoisotopic (exact) mass is 429 g/mol. The summed E-state index contributed by atoms with van der Waals surface area (Å²) in [6.07, 6.45) is 4.71. The van der Waals surface area contributed by atoms with Crippen LogP contribution in [-0.2, 0) is 6.54 Å². The normalized spacial score (nSPS) is 11.3. The maximum Gasteiger partial charge on any atom is 0.353 e. The van der Waals surface area contributed by atoms with E-state index in [1.807, 2.05) is 61.5 Å². The molecule has 9 heteroatoms. The van der Waals surface area contributed by atoms with E-state index in [0.717, 1.165) is 33.4 Å². The molecule has 0 radical (unpaired) electrons. The summed E-state index contributed by atoms with van der Waals surface area (Å²) in [6, 6.07) is 15.8. The SMILES string of the molecule is CC/C=C/c1nn(C(=O)CC)c(=O)n1Cc1ccc(-c2cccc(-c3nn[nH]n3)c2)cc1. The van der Waals surface area contributed by atoms with Crippen molar-refractivity contribution in [2.75, 3.05) is 0 Å². The van der Waals surface area contributed by atoms with Crippen LogP contribution in [0, 0.1) is 0 Å². The molecule has 32 heavy (non-hydrogen) atoms. The Morgan fingerprint density at radius 1 is 1.06 bits per heavy atom. The van der Waals surface area contributed by atoms with Gasteiger partial charge in [-0.2, -0.15) is 5.21 Å². The number of hydrogen-bond donors (Lipinski definition) is 1. The number of rotatable bonds is 7. The number of nitrogens with one attached hydrogen (secondary N) is 1. The van der Waals surface area contributed by atoms with Crippen LogP contribution in [-0.4, -0.2) is 40.9 Å². The van der Waals surface area contributed by atoms with Gasteiger partial charge in [0, 0.05) is 12.0 Å². The molecule has 9 nitrogen and oxygen atoms in total. The molecule has 1 N–H and O–H groups in total. The Labute approximate surface area is 184 Å². The van der Waals surface area contributed by atoms with Gasteiger partial charge in [0.15, 0.2) is 5.82 Å². The van der Waals surface area contributed by atoms with Gasteiger partial charge in [-0.15, -0.1) is 20.0 Å². The highest BCUT2D eigenvalue weighted by atomic mass is 16.2.